The molecule has 1 aromatic carbocycles. The van der Waals surface area contributed by atoms with Gasteiger partial charge in [0.2, 0.25) is 0 Å². The number of benzene rings is 1. The molecule has 1 aliphatic heterocycles. The summed E-state index contributed by atoms with van der Waals surface area (Å²) in [4.78, 5) is 17.2. The first-order valence-electron chi connectivity index (χ1n) is 6.15. The SMILES string of the molecule is CC(C)C[C@@H]1CN(OCc2ccccc2)C1=O. The van der Waals surface area contributed by atoms with Crippen molar-refractivity contribution in [1.29, 1.82) is 0 Å². The third kappa shape index (κ3) is 3.07. The lowest BCUT2D eigenvalue weighted by molar-refractivity contribution is -0.226. The van der Waals surface area contributed by atoms with Gasteiger partial charge in [-0.25, -0.2) is 5.06 Å². The smallest absolute Gasteiger partial charge is 0.251 e. The van der Waals surface area contributed by atoms with Crippen molar-refractivity contribution < 1.29 is 9.63 Å². The van der Waals surface area contributed by atoms with Gasteiger partial charge < -0.3 is 0 Å². The number of hydrogen-bond donors (Lipinski definition) is 0. The molecule has 0 N–H and O–H groups in total. The van der Waals surface area contributed by atoms with Gasteiger partial charge in [0, 0.05) is 0 Å². The van der Waals surface area contributed by atoms with E-state index in [9.17, 15) is 4.79 Å². The van der Waals surface area contributed by atoms with E-state index in [-0.39, 0.29) is 11.8 Å². The largest absolute Gasteiger partial charge is 0.272 e. The van der Waals surface area contributed by atoms with E-state index in [1.165, 1.54) is 5.06 Å². The number of β-lactam (4-membered cyclic amide) rings is 1. The van der Waals surface area contributed by atoms with Gasteiger partial charge in [-0.3, -0.25) is 9.63 Å². The average Bonchev–Trinajstić information content (AvgIpc) is 2.33. The summed E-state index contributed by atoms with van der Waals surface area (Å²) in [5.74, 6) is 0.876. The molecule has 0 spiro atoms. The van der Waals surface area contributed by atoms with Crippen LogP contribution in [-0.4, -0.2) is 17.5 Å². The van der Waals surface area contributed by atoms with Crippen molar-refractivity contribution in [3.8, 4) is 0 Å². The lowest BCUT2D eigenvalue weighted by Crippen LogP contribution is -2.52. The van der Waals surface area contributed by atoms with Gasteiger partial charge in [0.25, 0.3) is 5.91 Å². The highest BCUT2D eigenvalue weighted by Crippen LogP contribution is 2.25. The summed E-state index contributed by atoms with van der Waals surface area (Å²) in [6, 6.07) is 9.90. The minimum absolute atomic E-state index is 0.134. The van der Waals surface area contributed by atoms with Crippen LogP contribution in [0.1, 0.15) is 25.8 Å². The van der Waals surface area contributed by atoms with E-state index in [0.29, 0.717) is 12.5 Å². The van der Waals surface area contributed by atoms with Crippen molar-refractivity contribution >= 4 is 5.91 Å². The first-order valence-corrected chi connectivity index (χ1v) is 6.15. The molecule has 1 amide bonds. The van der Waals surface area contributed by atoms with Gasteiger partial charge in [-0.1, -0.05) is 44.2 Å². The Labute approximate surface area is 102 Å². The van der Waals surface area contributed by atoms with E-state index in [1.54, 1.807) is 0 Å². The maximum absolute atomic E-state index is 11.7. The molecule has 1 aliphatic rings. The van der Waals surface area contributed by atoms with E-state index in [2.05, 4.69) is 13.8 Å². The van der Waals surface area contributed by atoms with Crippen molar-refractivity contribution in [3.05, 3.63) is 35.9 Å². The van der Waals surface area contributed by atoms with Crippen LogP contribution >= 0.6 is 0 Å². The zero-order valence-electron chi connectivity index (χ0n) is 10.4. The van der Waals surface area contributed by atoms with Crippen LogP contribution in [0.5, 0.6) is 0 Å². The third-order valence-electron chi connectivity index (χ3n) is 2.97. The monoisotopic (exact) mass is 233 g/mol. The zero-order chi connectivity index (χ0) is 12.3. The highest BCUT2D eigenvalue weighted by molar-refractivity contribution is 5.83. The molecule has 0 radical (unpaired) electrons. The summed E-state index contributed by atoms with van der Waals surface area (Å²) >= 11 is 0. The highest BCUT2D eigenvalue weighted by Gasteiger charge is 2.37. The molecular formula is C14H19NO2. The second-order valence-electron chi connectivity index (χ2n) is 4.98. The summed E-state index contributed by atoms with van der Waals surface area (Å²) < 4.78 is 0. The molecule has 1 saturated heterocycles. The number of hydroxylamine groups is 2. The Morgan fingerprint density at radius 3 is 2.65 bits per heavy atom. The Morgan fingerprint density at radius 1 is 1.35 bits per heavy atom. The minimum Gasteiger partial charge on any atom is -0.272 e. The maximum atomic E-state index is 11.7. The van der Waals surface area contributed by atoms with Crippen molar-refractivity contribution in [2.75, 3.05) is 6.54 Å². The molecular weight excluding hydrogens is 214 g/mol. The van der Waals surface area contributed by atoms with Crippen LogP contribution in [0.25, 0.3) is 0 Å². The summed E-state index contributed by atoms with van der Waals surface area (Å²) in [7, 11) is 0. The summed E-state index contributed by atoms with van der Waals surface area (Å²) in [6.45, 7) is 5.49. The topological polar surface area (TPSA) is 29.5 Å². The number of amides is 1. The average molecular weight is 233 g/mol. The normalized spacial score (nSPS) is 19.6. The van der Waals surface area contributed by atoms with Gasteiger partial charge in [0.15, 0.2) is 0 Å². The van der Waals surface area contributed by atoms with Crippen molar-refractivity contribution in [3.63, 3.8) is 0 Å². The van der Waals surface area contributed by atoms with Gasteiger partial charge in [-0.05, 0) is 17.9 Å². The Balaban J connectivity index is 1.74. The first kappa shape index (κ1) is 12.1. The minimum atomic E-state index is 0.134. The van der Waals surface area contributed by atoms with Crippen molar-refractivity contribution in [1.82, 2.24) is 5.06 Å². The number of hydrogen-bond acceptors (Lipinski definition) is 2. The molecule has 1 aromatic rings. The fourth-order valence-electron chi connectivity index (χ4n) is 2.05. The second kappa shape index (κ2) is 5.32. The summed E-state index contributed by atoms with van der Waals surface area (Å²) in [5.41, 5.74) is 1.09. The maximum Gasteiger partial charge on any atom is 0.251 e. The third-order valence-corrected chi connectivity index (χ3v) is 2.97. The molecule has 1 fully saturated rings. The van der Waals surface area contributed by atoms with Crippen LogP contribution in [0.15, 0.2) is 30.3 Å². The lowest BCUT2D eigenvalue weighted by atomic mass is 9.91. The Kier molecular flexibility index (Phi) is 3.79. The van der Waals surface area contributed by atoms with Crippen LogP contribution < -0.4 is 0 Å². The second-order valence-corrected chi connectivity index (χ2v) is 4.98. The Morgan fingerprint density at radius 2 is 2.06 bits per heavy atom. The number of carbonyl (C=O) groups excluding carboxylic acids is 1. The Bertz CT molecular complexity index is 375. The molecule has 1 heterocycles. The predicted molar refractivity (Wildman–Crippen MR) is 65.9 cm³/mol. The van der Waals surface area contributed by atoms with Crippen molar-refractivity contribution in [2.24, 2.45) is 11.8 Å². The molecule has 0 saturated carbocycles. The molecule has 0 aromatic heterocycles. The van der Waals surface area contributed by atoms with E-state index in [0.717, 1.165) is 18.5 Å². The van der Waals surface area contributed by atoms with Crippen LogP contribution in [0.4, 0.5) is 0 Å². The highest BCUT2D eigenvalue weighted by atomic mass is 16.7. The van der Waals surface area contributed by atoms with Crippen molar-refractivity contribution in [2.45, 2.75) is 26.9 Å². The van der Waals surface area contributed by atoms with Crippen LogP contribution in [0.3, 0.4) is 0 Å². The zero-order valence-corrected chi connectivity index (χ0v) is 10.4. The number of carbonyl (C=O) groups is 1. The Hall–Kier alpha value is -1.35. The lowest BCUT2D eigenvalue weighted by Gasteiger charge is -2.37. The van der Waals surface area contributed by atoms with E-state index in [1.807, 2.05) is 30.3 Å². The van der Waals surface area contributed by atoms with Gasteiger partial charge in [0.1, 0.15) is 6.61 Å². The standard InChI is InChI=1S/C14H19NO2/c1-11(2)8-13-9-15(14(13)16)17-10-12-6-4-3-5-7-12/h3-7,11,13H,8-10H2,1-2H3/t13-/m1/s1. The number of rotatable bonds is 5. The molecule has 0 bridgehead atoms. The van der Waals surface area contributed by atoms with E-state index >= 15 is 0 Å². The van der Waals surface area contributed by atoms with Crippen LogP contribution in [0.2, 0.25) is 0 Å². The molecule has 17 heavy (non-hydrogen) atoms. The molecule has 0 aliphatic carbocycles. The fourth-order valence-corrected chi connectivity index (χ4v) is 2.05. The van der Waals surface area contributed by atoms with Gasteiger partial charge in [-0.15, -0.1) is 0 Å². The quantitative estimate of drug-likeness (QED) is 0.732. The molecule has 92 valence electrons. The van der Waals surface area contributed by atoms with Gasteiger partial charge >= 0.3 is 0 Å². The molecule has 2 rings (SSSR count). The van der Waals surface area contributed by atoms with Crippen LogP contribution in [-0.2, 0) is 16.2 Å². The molecule has 3 nitrogen and oxygen atoms in total. The predicted octanol–water partition coefficient (Wildman–Crippen LogP) is 2.62. The molecule has 0 unspecified atom stereocenters. The molecule has 1 atom stereocenters. The van der Waals surface area contributed by atoms with Gasteiger partial charge in [0.05, 0.1) is 12.5 Å². The summed E-state index contributed by atoms with van der Waals surface area (Å²) in [6.07, 6.45) is 0.962. The molecule has 3 heteroatoms. The van der Waals surface area contributed by atoms with E-state index < -0.39 is 0 Å². The van der Waals surface area contributed by atoms with Crippen LogP contribution in [0, 0.1) is 11.8 Å². The van der Waals surface area contributed by atoms with Gasteiger partial charge in [-0.2, -0.15) is 0 Å². The summed E-state index contributed by atoms with van der Waals surface area (Å²) in [5, 5.41) is 1.49. The first-order chi connectivity index (χ1) is 8.16. The van der Waals surface area contributed by atoms with E-state index in [4.69, 9.17) is 4.84 Å². The number of nitrogens with zero attached hydrogens (tertiary/aromatic N) is 1. The fraction of sp³-hybridized carbons (Fsp3) is 0.500.